The van der Waals surface area contributed by atoms with E-state index in [4.69, 9.17) is 0 Å². The number of H-pyrrole nitrogens is 1. The first-order valence-corrected chi connectivity index (χ1v) is 10.9. The summed E-state index contributed by atoms with van der Waals surface area (Å²) in [4.78, 5) is 38.4. The zero-order chi connectivity index (χ0) is 22.9. The van der Waals surface area contributed by atoms with Crippen molar-refractivity contribution in [1.29, 1.82) is 0 Å². The van der Waals surface area contributed by atoms with Gasteiger partial charge in [0.1, 0.15) is 11.6 Å². The zero-order valence-corrected chi connectivity index (χ0v) is 18.4. The summed E-state index contributed by atoms with van der Waals surface area (Å²) in [6, 6.07) is 21.8. The monoisotopic (exact) mass is 437 g/mol. The van der Waals surface area contributed by atoms with Crippen molar-refractivity contribution in [3.8, 4) is 5.69 Å². The summed E-state index contributed by atoms with van der Waals surface area (Å²) in [6.45, 7) is 3.80. The van der Waals surface area contributed by atoms with E-state index < -0.39 is 0 Å². The predicted octanol–water partition coefficient (Wildman–Crippen LogP) is 4.45. The van der Waals surface area contributed by atoms with Crippen LogP contribution in [0.25, 0.3) is 27.6 Å². The maximum absolute atomic E-state index is 13.0. The summed E-state index contributed by atoms with van der Waals surface area (Å²) in [7, 11) is 0. The van der Waals surface area contributed by atoms with Crippen LogP contribution in [0.4, 0.5) is 0 Å². The van der Waals surface area contributed by atoms with Gasteiger partial charge in [-0.2, -0.15) is 0 Å². The van der Waals surface area contributed by atoms with E-state index in [-0.39, 0.29) is 17.5 Å². The highest BCUT2D eigenvalue weighted by atomic mass is 16.1. The van der Waals surface area contributed by atoms with E-state index in [1.54, 1.807) is 41.8 Å². The second kappa shape index (κ2) is 8.35. The standard InChI is InChI=1S/C26H23N5O2/c1-3-20(24-28-22-10-6-7-11-23(22)29-24)30-25(32)17-12-14-18(15-13-17)31-16(2)27-21-9-5-4-8-19(21)26(31)33/h4-15,20H,3H2,1-2H3,(H,28,29)(H,30,32). The van der Waals surface area contributed by atoms with Gasteiger partial charge in [0.15, 0.2) is 0 Å². The summed E-state index contributed by atoms with van der Waals surface area (Å²) in [6.07, 6.45) is 0.695. The van der Waals surface area contributed by atoms with E-state index in [1.807, 2.05) is 49.4 Å². The Labute approximate surface area is 190 Å². The van der Waals surface area contributed by atoms with Crippen LogP contribution < -0.4 is 10.9 Å². The molecule has 1 amide bonds. The number of rotatable bonds is 5. The SMILES string of the molecule is CCC(NC(=O)c1ccc(-n2c(C)nc3ccccc3c2=O)cc1)c1nc2ccccc2[nH]1. The Morgan fingerprint density at radius 2 is 1.67 bits per heavy atom. The third-order valence-electron chi connectivity index (χ3n) is 5.78. The average molecular weight is 438 g/mol. The molecule has 2 N–H and O–H groups in total. The number of carbonyl (C=O) groups is 1. The Kier molecular flexibility index (Phi) is 5.22. The quantitative estimate of drug-likeness (QED) is 0.425. The third-order valence-corrected chi connectivity index (χ3v) is 5.78. The number of para-hydroxylation sites is 3. The van der Waals surface area contributed by atoms with E-state index in [0.717, 1.165) is 16.9 Å². The van der Waals surface area contributed by atoms with Gasteiger partial charge in [-0.15, -0.1) is 0 Å². The summed E-state index contributed by atoms with van der Waals surface area (Å²) in [5.41, 5.74) is 3.52. The van der Waals surface area contributed by atoms with Crippen LogP contribution in [0.15, 0.2) is 77.6 Å². The van der Waals surface area contributed by atoms with E-state index in [2.05, 4.69) is 20.3 Å². The summed E-state index contributed by atoms with van der Waals surface area (Å²) in [5.74, 6) is 1.12. The number of imidazole rings is 1. The van der Waals surface area contributed by atoms with Gasteiger partial charge >= 0.3 is 0 Å². The Bertz CT molecular complexity index is 1500. The van der Waals surface area contributed by atoms with Gasteiger partial charge in [-0.25, -0.2) is 9.97 Å². The van der Waals surface area contributed by atoms with Crippen molar-refractivity contribution in [1.82, 2.24) is 24.8 Å². The van der Waals surface area contributed by atoms with Crippen molar-refractivity contribution in [3.05, 3.63) is 100 Å². The predicted molar refractivity (Wildman–Crippen MR) is 129 cm³/mol. The number of hydrogen-bond donors (Lipinski definition) is 2. The first kappa shape index (κ1) is 20.6. The molecule has 0 aliphatic rings. The van der Waals surface area contributed by atoms with Gasteiger partial charge in [0.05, 0.1) is 33.7 Å². The minimum atomic E-state index is -0.237. The lowest BCUT2D eigenvalue weighted by molar-refractivity contribution is 0.0934. The highest BCUT2D eigenvalue weighted by molar-refractivity contribution is 5.94. The Morgan fingerprint density at radius 3 is 2.39 bits per heavy atom. The maximum atomic E-state index is 13.0. The molecule has 1 atom stereocenters. The second-order valence-corrected chi connectivity index (χ2v) is 7.94. The fraction of sp³-hybridized carbons (Fsp3) is 0.154. The van der Waals surface area contributed by atoms with Crippen LogP contribution >= 0.6 is 0 Å². The number of benzene rings is 3. The Morgan fingerprint density at radius 1 is 0.970 bits per heavy atom. The first-order chi connectivity index (χ1) is 16.0. The molecule has 33 heavy (non-hydrogen) atoms. The number of amides is 1. The first-order valence-electron chi connectivity index (χ1n) is 10.9. The smallest absolute Gasteiger partial charge is 0.265 e. The van der Waals surface area contributed by atoms with Crippen molar-refractivity contribution in [3.63, 3.8) is 0 Å². The van der Waals surface area contributed by atoms with Crippen molar-refractivity contribution in [2.45, 2.75) is 26.3 Å². The molecule has 2 aromatic heterocycles. The fourth-order valence-electron chi connectivity index (χ4n) is 4.05. The molecule has 2 heterocycles. The minimum Gasteiger partial charge on any atom is -0.342 e. The van der Waals surface area contributed by atoms with Crippen molar-refractivity contribution < 1.29 is 4.79 Å². The number of fused-ring (bicyclic) bond motifs is 2. The number of hydrogen-bond acceptors (Lipinski definition) is 4. The molecule has 0 aliphatic carbocycles. The van der Waals surface area contributed by atoms with Gasteiger partial charge in [0.25, 0.3) is 11.5 Å². The largest absolute Gasteiger partial charge is 0.342 e. The number of aromatic amines is 1. The minimum absolute atomic E-state index is 0.133. The van der Waals surface area contributed by atoms with Crippen LogP contribution in [0, 0.1) is 6.92 Å². The molecule has 3 aromatic carbocycles. The van der Waals surface area contributed by atoms with Crippen LogP contribution in [0.2, 0.25) is 0 Å². The van der Waals surface area contributed by atoms with Crippen LogP contribution in [0.1, 0.15) is 41.4 Å². The third kappa shape index (κ3) is 3.78. The van der Waals surface area contributed by atoms with E-state index in [9.17, 15) is 9.59 Å². The molecule has 0 fully saturated rings. The van der Waals surface area contributed by atoms with Crippen molar-refractivity contribution >= 4 is 27.8 Å². The van der Waals surface area contributed by atoms with Gasteiger partial charge in [-0.3, -0.25) is 14.2 Å². The molecule has 0 spiro atoms. The molecular weight excluding hydrogens is 414 g/mol. The maximum Gasteiger partial charge on any atom is 0.265 e. The number of aromatic nitrogens is 4. The molecule has 7 nitrogen and oxygen atoms in total. The van der Waals surface area contributed by atoms with Gasteiger partial charge in [0.2, 0.25) is 0 Å². The van der Waals surface area contributed by atoms with Crippen LogP contribution in [-0.2, 0) is 0 Å². The molecule has 0 saturated heterocycles. The normalized spacial score (nSPS) is 12.2. The average Bonchev–Trinajstić information content (AvgIpc) is 3.27. The lowest BCUT2D eigenvalue weighted by Crippen LogP contribution is -2.29. The molecule has 0 radical (unpaired) electrons. The molecular formula is C26H23N5O2. The van der Waals surface area contributed by atoms with E-state index in [0.29, 0.717) is 34.4 Å². The van der Waals surface area contributed by atoms with E-state index in [1.165, 1.54) is 0 Å². The number of carbonyl (C=O) groups excluding carboxylic acids is 1. The van der Waals surface area contributed by atoms with Crippen LogP contribution in [-0.4, -0.2) is 25.4 Å². The van der Waals surface area contributed by atoms with E-state index >= 15 is 0 Å². The summed E-state index contributed by atoms with van der Waals surface area (Å²) < 4.78 is 1.56. The van der Waals surface area contributed by atoms with Gasteiger partial charge in [-0.05, 0) is 61.9 Å². The van der Waals surface area contributed by atoms with Crippen LogP contribution in [0.5, 0.6) is 0 Å². The Balaban J connectivity index is 1.41. The topological polar surface area (TPSA) is 92.7 Å². The molecule has 0 aliphatic heterocycles. The highest BCUT2D eigenvalue weighted by Gasteiger charge is 2.18. The molecule has 5 aromatic rings. The molecule has 7 heteroatoms. The Hall–Kier alpha value is -4.26. The summed E-state index contributed by atoms with van der Waals surface area (Å²) in [5, 5.41) is 3.61. The second-order valence-electron chi connectivity index (χ2n) is 7.94. The van der Waals surface area contributed by atoms with Gasteiger partial charge < -0.3 is 10.3 Å². The van der Waals surface area contributed by atoms with Gasteiger partial charge in [-0.1, -0.05) is 31.2 Å². The number of nitrogens with one attached hydrogen (secondary N) is 2. The molecule has 0 saturated carbocycles. The molecule has 164 valence electrons. The number of nitrogens with zero attached hydrogens (tertiary/aromatic N) is 3. The zero-order valence-electron chi connectivity index (χ0n) is 18.4. The van der Waals surface area contributed by atoms with Crippen molar-refractivity contribution in [2.24, 2.45) is 0 Å². The molecule has 5 rings (SSSR count). The number of aryl methyl sites for hydroxylation is 1. The molecule has 0 bridgehead atoms. The lowest BCUT2D eigenvalue weighted by Gasteiger charge is -2.15. The fourth-order valence-corrected chi connectivity index (χ4v) is 4.05. The van der Waals surface area contributed by atoms with Gasteiger partial charge in [0, 0.05) is 5.56 Å². The van der Waals surface area contributed by atoms with Crippen molar-refractivity contribution in [2.75, 3.05) is 0 Å². The lowest BCUT2D eigenvalue weighted by atomic mass is 10.1. The van der Waals surface area contributed by atoms with Crippen LogP contribution in [0.3, 0.4) is 0 Å². The summed E-state index contributed by atoms with van der Waals surface area (Å²) >= 11 is 0. The molecule has 1 unspecified atom stereocenters. The highest BCUT2D eigenvalue weighted by Crippen LogP contribution is 2.19.